The number of nitrogen functional groups attached to an aromatic ring is 1. The van der Waals surface area contributed by atoms with Gasteiger partial charge in [-0.25, -0.2) is 4.39 Å². The maximum absolute atomic E-state index is 12.9. The van der Waals surface area contributed by atoms with Crippen LogP contribution in [-0.4, -0.2) is 0 Å². The van der Waals surface area contributed by atoms with Crippen molar-refractivity contribution in [3.05, 3.63) is 28.0 Å². The minimum absolute atomic E-state index is 0.119. The summed E-state index contributed by atoms with van der Waals surface area (Å²) in [5.41, 5.74) is 5.82. The van der Waals surface area contributed by atoms with Crippen molar-refractivity contribution in [3.63, 3.8) is 0 Å². The van der Waals surface area contributed by atoms with Crippen LogP contribution in [0.4, 0.5) is 10.1 Å². The monoisotopic (exact) mass is 213 g/mol. The molecule has 0 radical (unpaired) electrons. The van der Waals surface area contributed by atoms with E-state index < -0.39 is 5.82 Å². The van der Waals surface area contributed by atoms with Crippen molar-refractivity contribution in [3.8, 4) is 12.3 Å². The van der Waals surface area contributed by atoms with E-state index >= 15 is 0 Å². The molecule has 0 bridgehead atoms. The van der Waals surface area contributed by atoms with E-state index in [2.05, 4.69) is 21.9 Å². The Balaban J connectivity index is 3.40. The van der Waals surface area contributed by atoms with Gasteiger partial charge in [0.25, 0.3) is 0 Å². The Hall–Kier alpha value is -1.01. The number of rotatable bonds is 0. The molecule has 0 aromatic heterocycles. The molecule has 0 amide bonds. The zero-order valence-corrected chi connectivity index (χ0v) is 7.15. The normalized spacial score (nSPS) is 9.18. The van der Waals surface area contributed by atoms with Crippen molar-refractivity contribution in [2.45, 2.75) is 0 Å². The van der Waals surface area contributed by atoms with Gasteiger partial charge in [0.1, 0.15) is 5.82 Å². The first-order valence-electron chi connectivity index (χ1n) is 2.86. The second kappa shape index (κ2) is 2.93. The lowest BCUT2D eigenvalue weighted by Crippen LogP contribution is -1.93. The number of hydrogen-bond donors (Lipinski definition) is 1. The van der Waals surface area contributed by atoms with Crippen LogP contribution in [0, 0.1) is 18.2 Å². The van der Waals surface area contributed by atoms with E-state index in [1.807, 2.05) is 0 Å². The number of hydrogen-bond acceptors (Lipinski definition) is 1. The highest BCUT2D eigenvalue weighted by molar-refractivity contribution is 9.10. The van der Waals surface area contributed by atoms with Crippen molar-refractivity contribution in [1.82, 2.24) is 0 Å². The van der Waals surface area contributed by atoms with E-state index in [1.54, 1.807) is 6.07 Å². The van der Waals surface area contributed by atoms with Crippen LogP contribution in [0.1, 0.15) is 5.56 Å². The summed E-state index contributed by atoms with van der Waals surface area (Å²) in [6.07, 6.45) is 5.02. The SMILES string of the molecule is C#Cc1c(N)cc(Br)cc1F. The van der Waals surface area contributed by atoms with Crippen LogP contribution >= 0.6 is 15.9 Å². The second-order valence-electron chi connectivity index (χ2n) is 2.00. The largest absolute Gasteiger partial charge is 0.398 e. The minimum atomic E-state index is -0.473. The highest BCUT2D eigenvalue weighted by Gasteiger charge is 2.04. The van der Waals surface area contributed by atoms with Crippen LogP contribution in [0.15, 0.2) is 16.6 Å². The molecule has 0 aliphatic rings. The fourth-order valence-corrected chi connectivity index (χ4v) is 1.19. The molecule has 11 heavy (non-hydrogen) atoms. The molecule has 0 unspecified atom stereocenters. The van der Waals surface area contributed by atoms with Gasteiger partial charge < -0.3 is 5.73 Å². The third-order valence-corrected chi connectivity index (χ3v) is 1.69. The first-order valence-corrected chi connectivity index (χ1v) is 3.65. The average Bonchev–Trinajstić information content (AvgIpc) is 1.85. The van der Waals surface area contributed by atoms with Gasteiger partial charge >= 0.3 is 0 Å². The van der Waals surface area contributed by atoms with E-state index in [9.17, 15) is 4.39 Å². The van der Waals surface area contributed by atoms with Gasteiger partial charge in [0.15, 0.2) is 0 Å². The van der Waals surface area contributed by atoms with Gasteiger partial charge in [0, 0.05) is 4.47 Å². The molecule has 56 valence electrons. The Morgan fingerprint density at radius 2 is 2.18 bits per heavy atom. The van der Waals surface area contributed by atoms with E-state index in [0.29, 0.717) is 4.47 Å². The van der Waals surface area contributed by atoms with E-state index in [-0.39, 0.29) is 11.3 Å². The summed E-state index contributed by atoms with van der Waals surface area (Å²) in [7, 11) is 0. The van der Waals surface area contributed by atoms with Crippen LogP contribution in [-0.2, 0) is 0 Å². The summed E-state index contributed by atoms with van der Waals surface area (Å²) < 4.78 is 13.4. The van der Waals surface area contributed by atoms with Gasteiger partial charge in [0.05, 0.1) is 11.3 Å². The van der Waals surface area contributed by atoms with Crippen molar-refractivity contribution in [2.75, 3.05) is 5.73 Å². The van der Waals surface area contributed by atoms with Crippen molar-refractivity contribution < 1.29 is 4.39 Å². The molecule has 0 aliphatic carbocycles. The summed E-state index contributed by atoms with van der Waals surface area (Å²) in [6, 6.07) is 2.85. The van der Waals surface area contributed by atoms with Gasteiger partial charge in [-0.2, -0.15) is 0 Å². The summed E-state index contributed by atoms with van der Waals surface area (Å²) in [5.74, 6) is 1.70. The fraction of sp³-hybridized carbons (Fsp3) is 0. The van der Waals surface area contributed by atoms with Crippen LogP contribution in [0.25, 0.3) is 0 Å². The van der Waals surface area contributed by atoms with Gasteiger partial charge in [-0.3, -0.25) is 0 Å². The maximum Gasteiger partial charge on any atom is 0.142 e. The third-order valence-electron chi connectivity index (χ3n) is 1.23. The summed E-state index contributed by atoms with van der Waals surface area (Å²) in [6.45, 7) is 0. The minimum Gasteiger partial charge on any atom is -0.398 e. The molecule has 0 heterocycles. The fourth-order valence-electron chi connectivity index (χ4n) is 0.746. The van der Waals surface area contributed by atoms with Gasteiger partial charge in [-0.15, -0.1) is 6.42 Å². The number of halogens is 2. The molecule has 1 aromatic rings. The van der Waals surface area contributed by atoms with E-state index in [1.165, 1.54) is 6.07 Å². The topological polar surface area (TPSA) is 26.0 Å². The van der Waals surface area contributed by atoms with Crippen LogP contribution in [0.2, 0.25) is 0 Å². The van der Waals surface area contributed by atoms with Crippen molar-refractivity contribution in [2.24, 2.45) is 0 Å². The lowest BCUT2D eigenvalue weighted by molar-refractivity contribution is 0.624. The molecule has 0 atom stereocenters. The second-order valence-corrected chi connectivity index (χ2v) is 2.91. The van der Waals surface area contributed by atoms with Crippen molar-refractivity contribution >= 4 is 21.6 Å². The number of nitrogens with two attached hydrogens (primary N) is 1. The summed E-state index contributed by atoms with van der Waals surface area (Å²) in [4.78, 5) is 0. The number of terminal acetylenes is 1. The van der Waals surface area contributed by atoms with Gasteiger partial charge in [-0.05, 0) is 12.1 Å². The van der Waals surface area contributed by atoms with Crippen LogP contribution in [0.3, 0.4) is 0 Å². The standard InChI is InChI=1S/C8H5BrFN/c1-2-6-7(10)3-5(9)4-8(6)11/h1,3-4H,11H2. The molecule has 2 N–H and O–H groups in total. The molecule has 0 aliphatic heterocycles. The maximum atomic E-state index is 12.9. The third kappa shape index (κ3) is 1.52. The Kier molecular flexibility index (Phi) is 2.16. The van der Waals surface area contributed by atoms with Gasteiger partial charge in [-0.1, -0.05) is 21.9 Å². The predicted octanol–water partition coefficient (Wildman–Crippen LogP) is 2.15. The predicted molar refractivity (Wildman–Crippen MR) is 46.4 cm³/mol. The number of anilines is 1. The smallest absolute Gasteiger partial charge is 0.142 e. The first-order chi connectivity index (χ1) is 5.15. The molecular formula is C8H5BrFN. The highest BCUT2D eigenvalue weighted by Crippen LogP contribution is 2.21. The lowest BCUT2D eigenvalue weighted by atomic mass is 10.2. The number of benzene rings is 1. The molecule has 0 saturated heterocycles. The van der Waals surface area contributed by atoms with E-state index in [4.69, 9.17) is 12.2 Å². The summed E-state index contributed by atoms with van der Waals surface area (Å²) >= 11 is 3.09. The van der Waals surface area contributed by atoms with Crippen molar-refractivity contribution in [1.29, 1.82) is 0 Å². The Bertz CT molecular complexity index is 304. The summed E-state index contributed by atoms with van der Waals surface area (Å²) in [5, 5.41) is 0. The molecule has 3 heteroatoms. The Morgan fingerprint density at radius 1 is 1.55 bits per heavy atom. The lowest BCUT2D eigenvalue weighted by Gasteiger charge is -1.99. The molecule has 1 rings (SSSR count). The van der Waals surface area contributed by atoms with Crippen LogP contribution < -0.4 is 5.73 Å². The first kappa shape index (κ1) is 8.09. The van der Waals surface area contributed by atoms with Gasteiger partial charge in [0.2, 0.25) is 0 Å². The average molecular weight is 214 g/mol. The quantitative estimate of drug-likeness (QED) is 0.519. The zero-order chi connectivity index (χ0) is 8.43. The van der Waals surface area contributed by atoms with E-state index in [0.717, 1.165) is 0 Å². The molecule has 0 fully saturated rings. The Labute approximate surface area is 72.5 Å². The molecule has 0 saturated carbocycles. The molecule has 1 aromatic carbocycles. The zero-order valence-electron chi connectivity index (χ0n) is 5.57. The molecule has 1 nitrogen and oxygen atoms in total. The molecule has 0 spiro atoms. The van der Waals surface area contributed by atoms with Crippen LogP contribution in [0.5, 0.6) is 0 Å². The Morgan fingerprint density at radius 3 is 2.64 bits per heavy atom. The molecular weight excluding hydrogens is 209 g/mol. The highest BCUT2D eigenvalue weighted by atomic mass is 79.9.